The predicted octanol–water partition coefficient (Wildman–Crippen LogP) is 4.76. The van der Waals surface area contributed by atoms with Crippen LogP contribution in [0.5, 0.6) is 0 Å². The maximum atomic E-state index is 12.2. The summed E-state index contributed by atoms with van der Waals surface area (Å²) in [5.74, 6) is -0.501. The fourth-order valence-corrected chi connectivity index (χ4v) is 2.70. The first-order valence-corrected chi connectivity index (χ1v) is 9.26. The van der Waals surface area contributed by atoms with Crippen LogP contribution >= 0.6 is 63.0 Å². The van der Waals surface area contributed by atoms with Crippen molar-refractivity contribution in [2.45, 2.75) is 16.9 Å². The van der Waals surface area contributed by atoms with Gasteiger partial charge < -0.3 is 20.4 Å². The summed E-state index contributed by atoms with van der Waals surface area (Å²) in [7, 11) is 0. The summed E-state index contributed by atoms with van der Waals surface area (Å²) in [5, 5.41) is 8.49. The second kappa shape index (κ2) is 8.60. The van der Waals surface area contributed by atoms with Crippen LogP contribution < -0.4 is 16.0 Å². The molecule has 25 heavy (non-hydrogen) atoms. The first-order chi connectivity index (χ1) is 11.7. The number of anilines is 1. The highest BCUT2D eigenvalue weighted by Crippen LogP contribution is 2.29. The van der Waals surface area contributed by atoms with Gasteiger partial charge in [0.15, 0.2) is 15.5 Å². The van der Waals surface area contributed by atoms with Crippen molar-refractivity contribution in [3.05, 3.63) is 52.4 Å². The first kappa shape index (κ1) is 20.3. The molecule has 134 valence electrons. The smallest absolute Gasteiger partial charge is 0.288 e. The molecule has 3 N–H and O–H groups in total. The van der Waals surface area contributed by atoms with Crippen LogP contribution in [-0.2, 0) is 0 Å². The van der Waals surface area contributed by atoms with Crippen molar-refractivity contribution in [2.75, 3.05) is 5.32 Å². The lowest BCUT2D eigenvalue weighted by Crippen LogP contribution is -2.56. The lowest BCUT2D eigenvalue weighted by Gasteiger charge is -2.27. The third-order valence-corrected chi connectivity index (χ3v) is 4.37. The molecule has 1 heterocycles. The van der Waals surface area contributed by atoms with Crippen LogP contribution in [-0.4, -0.2) is 21.0 Å². The van der Waals surface area contributed by atoms with E-state index >= 15 is 0 Å². The number of carbonyl (C=O) groups is 1. The van der Waals surface area contributed by atoms with Crippen LogP contribution in [0.4, 0.5) is 5.69 Å². The highest BCUT2D eigenvalue weighted by atomic mass is 79.9. The largest absolute Gasteiger partial charge is 0.444 e. The number of hydrogen-bond donors (Lipinski definition) is 3. The van der Waals surface area contributed by atoms with Gasteiger partial charge in [0.25, 0.3) is 5.91 Å². The Morgan fingerprint density at radius 2 is 1.88 bits per heavy atom. The number of aryl methyl sites for hydroxylation is 1. The number of para-hydroxylation sites is 1. The molecule has 0 radical (unpaired) electrons. The SMILES string of the molecule is Cc1ccccc1NC(=S)NC(NC(=O)c1ccc(Br)o1)C(Cl)(Cl)Cl. The molecule has 0 saturated heterocycles. The molecule has 0 aliphatic heterocycles. The number of amides is 1. The van der Waals surface area contributed by atoms with E-state index in [0.717, 1.165) is 11.3 Å². The Kier molecular flexibility index (Phi) is 6.99. The summed E-state index contributed by atoms with van der Waals surface area (Å²) in [6.07, 6.45) is -1.09. The van der Waals surface area contributed by atoms with Gasteiger partial charge in [-0.2, -0.15) is 0 Å². The van der Waals surface area contributed by atoms with Crippen molar-refractivity contribution in [3.8, 4) is 0 Å². The highest BCUT2D eigenvalue weighted by Gasteiger charge is 2.35. The van der Waals surface area contributed by atoms with Gasteiger partial charge in [-0.1, -0.05) is 53.0 Å². The van der Waals surface area contributed by atoms with E-state index in [9.17, 15) is 4.79 Å². The average Bonchev–Trinajstić information content (AvgIpc) is 2.94. The maximum absolute atomic E-state index is 12.2. The van der Waals surface area contributed by atoms with Gasteiger partial charge in [0.1, 0.15) is 6.17 Å². The molecule has 0 aliphatic carbocycles. The van der Waals surface area contributed by atoms with E-state index in [-0.39, 0.29) is 10.9 Å². The van der Waals surface area contributed by atoms with Gasteiger partial charge in [0, 0.05) is 5.69 Å². The third-order valence-electron chi connectivity index (χ3n) is 3.07. The van der Waals surface area contributed by atoms with Crippen molar-refractivity contribution < 1.29 is 9.21 Å². The van der Waals surface area contributed by atoms with Gasteiger partial charge >= 0.3 is 0 Å². The second-order valence-electron chi connectivity index (χ2n) is 4.97. The number of nitrogens with one attached hydrogen (secondary N) is 3. The summed E-state index contributed by atoms with van der Waals surface area (Å²) in [6, 6.07) is 10.6. The van der Waals surface area contributed by atoms with E-state index in [4.69, 9.17) is 51.4 Å². The predicted molar refractivity (Wildman–Crippen MR) is 108 cm³/mol. The van der Waals surface area contributed by atoms with E-state index in [0.29, 0.717) is 4.67 Å². The Hall–Kier alpha value is -0.990. The number of furan rings is 1. The molecular formula is C15H13BrCl3N3O2S. The fraction of sp³-hybridized carbons (Fsp3) is 0.200. The number of halogens is 4. The minimum absolute atomic E-state index is 0.0608. The van der Waals surface area contributed by atoms with Crippen LogP contribution in [0.2, 0.25) is 0 Å². The number of thiocarbonyl (C=S) groups is 1. The minimum atomic E-state index is -1.85. The van der Waals surface area contributed by atoms with Gasteiger partial charge in [-0.25, -0.2) is 0 Å². The average molecular weight is 486 g/mol. The summed E-state index contributed by atoms with van der Waals surface area (Å²) in [5.41, 5.74) is 1.78. The molecule has 0 spiro atoms. The molecule has 0 bridgehead atoms. The standard InChI is InChI=1S/C15H13BrCl3N3O2S/c1-8-4-2-3-5-9(8)20-14(25)22-13(15(17,18)19)21-12(23)10-6-7-11(16)24-10/h2-7,13H,1H3,(H,21,23)(H2,20,22,25). The number of alkyl halides is 3. The zero-order valence-electron chi connectivity index (χ0n) is 12.8. The quantitative estimate of drug-likeness (QED) is 0.331. The molecule has 0 fully saturated rings. The minimum Gasteiger partial charge on any atom is -0.444 e. The molecule has 1 atom stereocenters. The first-order valence-electron chi connectivity index (χ1n) is 6.93. The van der Waals surface area contributed by atoms with Crippen molar-refractivity contribution in [1.82, 2.24) is 10.6 Å². The van der Waals surface area contributed by atoms with Crippen LogP contribution in [0.1, 0.15) is 16.1 Å². The number of benzene rings is 1. The zero-order valence-corrected chi connectivity index (χ0v) is 17.4. The van der Waals surface area contributed by atoms with Gasteiger partial charge in [0.05, 0.1) is 0 Å². The topological polar surface area (TPSA) is 66.3 Å². The Labute approximate surface area is 173 Å². The number of carbonyl (C=O) groups excluding carboxylic acids is 1. The van der Waals surface area contributed by atoms with Crippen LogP contribution in [0.3, 0.4) is 0 Å². The number of hydrogen-bond acceptors (Lipinski definition) is 3. The Morgan fingerprint density at radius 1 is 1.20 bits per heavy atom. The second-order valence-corrected chi connectivity index (χ2v) is 8.52. The molecular weight excluding hydrogens is 473 g/mol. The van der Waals surface area contributed by atoms with Gasteiger partial charge in [-0.05, 0) is 58.8 Å². The van der Waals surface area contributed by atoms with E-state index in [2.05, 4.69) is 31.9 Å². The summed E-state index contributed by atoms with van der Waals surface area (Å²) >= 11 is 26.2. The lowest BCUT2D eigenvalue weighted by atomic mass is 10.2. The molecule has 1 unspecified atom stereocenters. The molecule has 0 saturated carbocycles. The van der Waals surface area contributed by atoms with E-state index in [1.165, 1.54) is 6.07 Å². The zero-order chi connectivity index (χ0) is 18.6. The molecule has 5 nitrogen and oxygen atoms in total. The molecule has 1 amide bonds. The Balaban J connectivity index is 2.06. The molecule has 1 aromatic carbocycles. The molecule has 10 heteroatoms. The normalized spacial score (nSPS) is 12.4. The molecule has 1 aromatic heterocycles. The van der Waals surface area contributed by atoms with E-state index in [1.807, 2.05) is 31.2 Å². The Morgan fingerprint density at radius 3 is 2.44 bits per heavy atom. The Bertz CT molecular complexity index is 779. The van der Waals surface area contributed by atoms with E-state index in [1.54, 1.807) is 6.07 Å². The molecule has 2 rings (SSSR count). The van der Waals surface area contributed by atoms with Crippen molar-refractivity contribution >= 4 is 79.7 Å². The van der Waals surface area contributed by atoms with Crippen LogP contribution in [0.25, 0.3) is 0 Å². The molecule has 0 aliphatic rings. The van der Waals surface area contributed by atoms with E-state index < -0.39 is 15.9 Å². The van der Waals surface area contributed by atoms with Crippen LogP contribution in [0, 0.1) is 6.92 Å². The van der Waals surface area contributed by atoms with Crippen LogP contribution in [0.15, 0.2) is 45.5 Å². The van der Waals surface area contributed by atoms with Gasteiger partial charge in [0.2, 0.25) is 3.79 Å². The monoisotopic (exact) mass is 483 g/mol. The van der Waals surface area contributed by atoms with Crippen molar-refractivity contribution in [3.63, 3.8) is 0 Å². The van der Waals surface area contributed by atoms with Gasteiger partial charge in [-0.3, -0.25) is 4.79 Å². The highest BCUT2D eigenvalue weighted by molar-refractivity contribution is 9.10. The summed E-state index contributed by atoms with van der Waals surface area (Å²) < 4.78 is 3.73. The number of rotatable bonds is 4. The van der Waals surface area contributed by atoms with Crippen molar-refractivity contribution in [1.29, 1.82) is 0 Å². The lowest BCUT2D eigenvalue weighted by molar-refractivity contribution is 0.0905. The molecule has 2 aromatic rings. The van der Waals surface area contributed by atoms with Gasteiger partial charge in [-0.15, -0.1) is 0 Å². The summed E-state index contributed by atoms with van der Waals surface area (Å²) in [4.78, 5) is 12.2. The third kappa shape index (κ3) is 6.04. The summed E-state index contributed by atoms with van der Waals surface area (Å²) in [6.45, 7) is 1.92. The maximum Gasteiger partial charge on any atom is 0.288 e. The fourth-order valence-electron chi connectivity index (χ4n) is 1.84. The van der Waals surface area contributed by atoms with Crippen molar-refractivity contribution in [2.24, 2.45) is 0 Å².